The Labute approximate surface area is 415 Å². The minimum Gasteiger partial charge on any atom is -0.379 e. The summed E-state index contributed by atoms with van der Waals surface area (Å²) in [7, 11) is 8.56. The van der Waals surface area contributed by atoms with Crippen LogP contribution in [0.4, 0.5) is 0 Å². The Kier molecular flexibility index (Phi) is 25.2. The third-order valence-electron chi connectivity index (χ3n) is 13.3. The van der Waals surface area contributed by atoms with E-state index in [2.05, 4.69) is 34.3 Å². The number of piperazine rings is 1. The lowest BCUT2D eigenvalue weighted by Crippen LogP contribution is -2.54. The summed E-state index contributed by atoms with van der Waals surface area (Å²) in [4.78, 5) is 93.9. The fraction of sp³-hybridized carbons (Fsp3) is 0.680. The first-order valence-electron chi connectivity index (χ1n) is 24.9. The number of ether oxygens (including phenoxy) is 2. The van der Waals surface area contributed by atoms with Gasteiger partial charge in [0.2, 0.25) is 23.6 Å². The number of unbranched alkanes of at least 4 members (excludes halogenated alkanes) is 2. The lowest BCUT2D eigenvalue weighted by atomic mass is 9.90. The van der Waals surface area contributed by atoms with Crippen LogP contribution in [-0.2, 0) is 44.7 Å². The summed E-state index contributed by atoms with van der Waals surface area (Å²) >= 11 is 0. The van der Waals surface area contributed by atoms with E-state index in [1.54, 1.807) is 30.9 Å². The lowest BCUT2D eigenvalue weighted by molar-refractivity contribution is -0.145. The van der Waals surface area contributed by atoms with E-state index in [0.29, 0.717) is 77.3 Å². The average Bonchev–Trinajstić information content (AvgIpc) is 3.97. The molecule has 70 heavy (non-hydrogen) atoms. The van der Waals surface area contributed by atoms with Crippen LogP contribution in [0.15, 0.2) is 57.7 Å². The first-order chi connectivity index (χ1) is 33.5. The van der Waals surface area contributed by atoms with Crippen LogP contribution in [0, 0.1) is 17.4 Å². The Morgan fingerprint density at radius 2 is 1.51 bits per heavy atom. The molecular weight excluding hydrogens is 897 g/mol. The Morgan fingerprint density at radius 1 is 0.886 bits per heavy atom. The number of hydrogen-bond donors (Lipinski definition) is 3. The summed E-state index contributed by atoms with van der Waals surface area (Å²) in [6, 6.07) is 7.84. The van der Waals surface area contributed by atoms with E-state index in [9.17, 15) is 28.8 Å². The van der Waals surface area contributed by atoms with Gasteiger partial charge in [-0.1, -0.05) is 84.2 Å². The number of imide groups is 1. The smallest absolute Gasteiger partial charge is 0.253 e. The Morgan fingerprint density at radius 3 is 2.07 bits per heavy atom. The first kappa shape index (κ1) is 58.6. The third-order valence-corrected chi connectivity index (χ3v) is 13.3. The molecular formula is C50H82N12O8. The van der Waals surface area contributed by atoms with Crippen molar-refractivity contribution in [2.75, 3.05) is 81.2 Å². The molecule has 0 aliphatic carbocycles. The second kappa shape index (κ2) is 30.1. The summed E-state index contributed by atoms with van der Waals surface area (Å²) < 4.78 is 12.0. The number of rotatable bonds is 23. The van der Waals surface area contributed by atoms with Gasteiger partial charge in [0.15, 0.2) is 11.8 Å². The zero-order chi connectivity index (χ0) is 51.9. The van der Waals surface area contributed by atoms with E-state index in [1.165, 1.54) is 30.6 Å². The van der Waals surface area contributed by atoms with E-state index in [1.807, 2.05) is 68.1 Å². The molecule has 1 aromatic rings. The number of carbonyl (C=O) groups is 6. The molecule has 0 saturated carbocycles. The molecule has 3 aliphatic rings. The maximum Gasteiger partial charge on any atom is 0.253 e. The number of benzene rings is 1. The quantitative estimate of drug-likeness (QED) is 0.0270. The van der Waals surface area contributed by atoms with Crippen LogP contribution < -0.4 is 11.2 Å². The number of likely N-dealkylation sites (tertiary alicyclic amines) is 1. The molecule has 0 radical (unpaired) electrons. The highest BCUT2D eigenvalue weighted by atomic mass is 16.5. The maximum absolute atomic E-state index is 14.3. The molecule has 0 aromatic heterocycles. The number of nitrogens with one attached hydrogen (secondary N) is 2. The number of amides is 6. The number of aliphatic imine (C=N–C) groups is 1. The number of amidine groups is 1. The van der Waals surface area contributed by atoms with Gasteiger partial charge >= 0.3 is 0 Å². The van der Waals surface area contributed by atoms with Crippen molar-refractivity contribution in [2.45, 2.75) is 129 Å². The van der Waals surface area contributed by atoms with Crippen molar-refractivity contribution in [1.82, 2.24) is 34.7 Å². The zero-order valence-electron chi connectivity index (χ0n) is 43.5. The summed E-state index contributed by atoms with van der Waals surface area (Å²) in [6.07, 6.45) is 7.34. The lowest BCUT2D eigenvalue weighted by Gasteiger charge is -2.39. The van der Waals surface area contributed by atoms with Gasteiger partial charge < -0.3 is 45.1 Å². The minimum atomic E-state index is -0.756. The van der Waals surface area contributed by atoms with Crippen molar-refractivity contribution < 1.29 is 38.2 Å². The summed E-state index contributed by atoms with van der Waals surface area (Å²) in [5, 5.41) is 10.1. The monoisotopic (exact) mass is 979 g/mol. The maximum atomic E-state index is 14.3. The molecule has 6 unspecified atom stereocenters. The number of likely N-dealkylation sites (N-methyl/N-ethyl adjacent to an activating group) is 1. The van der Waals surface area contributed by atoms with Crippen LogP contribution in [0.1, 0.15) is 98.0 Å². The van der Waals surface area contributed by atoms with Crippen molar-refractivity contribution in [1.29, 1.82) is 5.53 Å². The van der Waals surface area contributed by atoms with Crippen LogP contribution in [0.25, 0.3) is 0 Å². The minimum absolute atomic E-state index is 0.00463. The molecule has 3 heterocycles. The van der Waals surface area contributed by atoms with Crippen molar-refractivity contribution in [3.63, 3.8) is 0 Å². The molecule has 6 amide bonds. The second-order valence-electron chi connectivity index (χ2n) is 18.6. The molecule has 7 atom stereocenters. The molecule has 0 spiro atoms. The van der Waals surface area contributed by atoms with Crippen LogP contribution >= 0.6 is 0 Å². The second-order valence-corrected chi connectivity index (χ2v) is 18.6. The topological polar surface area (TPSA) is 239 Å². The van der Waals surface area contributed by atoms with E-state index < -0.39 is 36.3 Å². The summed E-state index contributed by atoms with van der Waals surface area (Å²) in [5.41, 5.74) is 8.51. The van der Waals surface area contributed by atoms with E-state index in [4.69, 9.17) is 25.8 Å². The number of guanidine groups is 1. The van der Waals surface area contributed by atoms with Crippen molar-refractivity contribution in [3.05, 3.63) is 48.0 Å². The first-order valence-corrected chi connectivity index (χ1v) is 24.9. The van der Waals surface area contributed by atoms with E-state index in [-0.39, 0.29) is 60.2 Å². The third kappa shape index (κ3) is 16.7. The SMILES string of the molecule is CCC.CCC(C)C(C(CC(=O)N1CCCC1C(OC)C(C)C(=O)N[C@@H](Cc1ccccc1)/C(N=N)=N/N)OC)N(C)C(=O)CN=C(N(C)C)N1CCN(C(=O)CCCCCN2C(=O)C=CC2=O)CC1. The van der Waals surface area contributed by atoms with Gasteiger partial charge in [-0.3, -0.25) is 33.7 Å². The highest BCUT2D eigenvalue weighted by Gasteiger charge is 2.42. The molecule has 20 heteroatoms. The summed E-state index contributed by atoms with van der Waals surface area (Å²) in [5.74, 6) is 4.17. The molecule has 4 rings (SSSR count). The molecule has 2 saturated heterocycles. The van der Waals surface area contributed by atoms with Gasteiger partial charge in [0.1, 0.15) is 6.54 Å². The zero-order valence-corrected chi connectivity index (χ0v) is 43.5. The van der Waals surface area contributed by atoms with Gasteiger partial charge in [-0.25, -0.2) is 10.5 Å². The number of nitrogens with zero attached hydrogens (tertiary/aromatic N) is 9. The Balaban J connectivity index is 0.00000421. The fourth-order valence-corrected chi connectivity index (χ4v) is 9.34. The van der Waals surface area contributed by atoms with Gasteiger partial charge in [0.05, 0.1) is 42.7 Å². The van der Waals surface area contributed by atoms with Crippen LogP contribution in [0.2, 0.25) is 0 Å². The predicted octanol–water partition coefficient (Wildman–Crippen LogP) is 3.90. The largest absolute Gasteiger partial charge is 0.379 e. The van der Waals surface area contributed by atoms with E-state index >= 15 is 0 Å². The molecule has 1 aromatic carbocycles. The number of methoxy groups -OCH3 is 2. The van der Waals surface area contributed by atoms with Crippen LogP contribution in [0.3, 0.4) is 0 Å². The van der Waals surface area contributed by atoms with Gasteiger partial charge in [-0.15, -0.1) is 5.11 Å². The molecule has 0 bridgehead atoms. The Bertz CT molecular complexity index is 1940. The predicted molar refractivity (Wildman–Crippen MR) is 269 cm³/mol. The number of carbonyl (C=O) groups excluding carboxylic acids is 6. The number of hydrogen-bond acceptors (Lipinski definition) is 12. The average molecular weight is 979 g/mol. The summed E-state index contributed by atoms with van der Waals surface area (Å²) in [6.45, 7) is 12.9. The van der Waals surface area contributed by atoms with Crippen molar-refractivity contribution in [2.24, 2.45) is 32.9 Å². The van der Waals surface area contributed by atoms with Gasteiger partial charge in [-0.2, -0.15) is 5.10 Å². The Hall–Kier alpha value is -5.76. The van der Waals surface area contributed by atoms with Crippen LogP contribution in [0.5, 0.6) is 0 Å². The molecule has 2 fully saturated rings. The van der Waals surface area contributed by atoms with Gasteiger partial charge in [-0.05, 0) is 37.2 Å². The number of nitrogens with two attached hydrogens (primary N) is 1. The van der Waals surface area contributed by atoms with Gasteiger partial charge in [0.25, 0.3) is 11.8 Å². The number of hydrazone groups is 1. The normalized spacial score (nSPS) is 18.9. The fourth-order valence-electron chi connectivity index (χ4n) is 9.34. The van der Waals surface area contributed by atoms with Crippen molar-refractivity contribution in [3.8, 4) is 0 Å². The highest BCUT2D eigenvalue weighted by Crippen LogP contribution is 2.29. The molecule has 3 aliphatic heterocycles. The molecule has 4 N–H and O–H groups in total. The van der Waals surface area contributed by atoms with Crippen LogP contribution in [-0.4, -0.2) is 188 Å². The molecule has 20 nitrogen and oxygen atoms in total. The molecule has 390 valence electrons. The van der Waals surface area contributed by atoms with Gasteiger partial charge in [0, 0.05) is 99.6 Å². The van der Waals surface area contributed by atoms with E-state index in [0.717, 1.165) is 24.8 Å². The standard InChI is InChI=1S/C47H74N12O8.C3H8/c1-9-32(2)43(55(6)42(64)31-50-47(54(4)5)57-27-25-56(26-28-57)38(60)20-14-11-15-23-59-39(61)21-22-40(59)62)37(66-7)30-41(63)58-24-16-19-36(58)44(67-8)33(3)46(65)51-35(45(52-48)53-49)29-34-17-12-10-13-18-34;1-3-2/h10,12-13,17-18,21-22,32-33,35-37,43-44,48H,9,11,14-16,19-20,23-31,49H2,1-8H3,(H,51,65);3H2,1-2H3/b50-47?,52-48?,53-45-;/t32?,33?,35-,36?,37?,43?,44?;/m0./s1. The highest BCUT2D eigenvalue weighted by molar-refractivity contribution is 6.12. The van der Waals surface area contributed by atoms with Crippen molar-refractivity contribution >= 4 is 47.2 Å².